The number of anilines is 2. The Balaban J connectivity index is 2.03. The molecule has 3 rings (SSSR count). The summed E-state index contributed by atoms with van der Waals surface area (Å²) in [6.07, 6.45) is -3.38. The smallest absolute Gasteiger partial charge is 0.469 e. The number of nitrogens with zero attached hydrogens (tertiary/aromatic N) is 7. The number of alkyl halides is 3. The molecule has 162 valence electrons. The number of halogens is 3. The Morgan fingerprint density at radius 3 is 2.53 bits per heavy atom. The Kier molecular flexibility index (Phi) is 5.85. The molecule has 2 aromatic rings. The number of imidazole rings is 1. The molecule has 0 saturated heterocycles. The standard InChI is InChI=1S/C18H22F3N8O/c1-22-14-15(23-2)29(4)17(25-14)27-26-12-8-10-6-5-7-28(3)13(10)9-11(12)24-16(30)18(19,20)21/h8-9H,5-7H2,1-4H3,(H2-,22,23,24,25,26,27,30)/q-1/p-1. The van der Waals surface area contributed by atoms with Crippen molar-refractivity contribution >= 4 is 40.6 Å². The molecule has 0 spiro atoms. The first-order valence-corrected chi connectivity index (χ1v) is 9.10. The second-order valence-electron chi connectivity index (χ2n) is 6.74. The Labute approximate surface area is 171 Å². The molecule has 0 fully saturated rings. The van der Waals surface area contributed by atoms with E-state index in [-0.39, 0.29) is 17.3 Å². The highest BCUT2D eigenvalue weighted by Gasteiger charge is 2.39. The Bertz CT molecular complexity index is 983. The zero-order valence-corrected chi connectivity index (χ0v) is 16.9. The fraction of sp³-hybridized carbons (Fsp3) is 0.444. The topological polar surface area (TPSA) is 103 Å². The molecule has 12 heteroatoms. The molecule has 30 heavy (non-hydrogen) atoms. The summed E-state index contributed by atoms with van der Waals surface area (Å²) in [5.74, 6) is -1.04. The summed E-state index contributed by atoms with van der Waals surface area (Å²) in [5.41, 5.74) is 1.68. The van der Waals surface area contributed by atoms with Crippen LogP contribution in [0.2, 0.25) is 0 Å². The number of amides is 1. The van der Waals surface area contributed by atoms with Gasteiger partial charge >= 0.3 is 12.1 Å². The average Bonchev–Trinajstić information content (AvgIpc) is 3.01. The van der Waals surface area contributed by atoms with Gasteiger partial charge in [-0.15, -0.1) is 5.11 Å². The van der Waals surface area contributed by atoms with Crippen LogP contribution >= 0.6 is 0 Å². The van der Waals surface area contributed by atoms with Gasteiger partial charge in [0.1, 0.15) is 5.69 Å². The highest BCUT2D eigenvalue weighted by Crippen LogP contribution is 2.39. The molecule has 0 radical (unpaired) electrons. The summed E-state index contributed by atoms with van der Waals surface area (Å²) < 4.78 is 40.0. The molecular weight excluding hydrogens is 401 g/mol. The number of fused-ring (bicyclic) bond motifs is 1. The SMILES string of the molecule is C[N-]c1nc(N=Nc2cc3c(cc2NC(=O)C(F)(F)F)N(C)CCC3)n(C)c1[N-]C. The van der Waals surface area contributed by atoms with Gasteiger partial charge in [-0.25, -0.2) is 0 Å². The van der Waals surface area contributed by atoms with Crippen molar-refractivity contribution in [2.75, 3.05) is 37.9 Å². The van der Waals surface area contributed by atoms with Crippen LogP contribution in [0.4, 0.5) is 47.8 Å². The van der Waals surface area contributed by atoms with Gasteiger partial charge in [0.2, 0.25) is 0 Å². The third kappa shape index (κ3) is 4.16. The Morgan fingerprint density at radius 1 is 1.20 bits per heavy atom. The lowest BCUT2D eigenvalue weighted by Crippen LogP contribution is -2.30. The predicted molar refractivity (Wildman–Crippen MR) is 108 cm³/mol. The molecule has 2 heterocycles. The van der Waals surface area contributed by atoms with E-state index in [2.05, 4.69) is 25.8 Å². The van der Waals surface area contributed by atoms with Crippen molar-refractivity contribution in [2.24, 2.45) is 17.3 Å². The quantitative estimate of drug-likeness (QED) is 0.687. The number of hydrogen-bond donors (Lipinski definition) is 1. The first-order chi connectivity index (χ1) is 14.2. The Morgan fingerprint density at radius 2 is 1.93 bits per heavy atom. The van der Waals surface area contributed by atoms with Crippen molar-refractivity contribution in [1.82, 2.24) is 9.55 Å². The van der Waals surface area contributed by atoms with E-state index >= 15 is 0 Å². The second kappa shape index (κ2) is 8.20. The summed E-state index contributed by atoms with van der Waals surface area (Å²) in [4.78, 5) is 17.7. The number of aromatic nitrogens is 2. The number of hydrogen-bond acceptors (Lipinski definition) is 5. The minimum atomic E-state index is -5.02. The molecule has 9 nitrogen and oxygen atoms in total. The maximum absolute atomic E-state index is 12.8. The molecule has 1 N–H and O–H groups in total. The first-order valence-electron chi connectivity index (χ1n) is 9.10. The number of benzene rings is 1. The van der Waals surface area contributed by atoms with E-state index in [9.17, 15) is 18.0 Å². The van der Waals surface area contributed by atoms with Gasteiger partial charge in [-0.05, 0) is 30.5 Å². The molecule has 1 aliphatic rings. The summed E-state index contributed by atoms with van der Waals surface area (Å²) in [6, 6.07) is 3.13. The summed E-state index contributed by atoms with van der Waals surface area (Å²) in [5, 5.41) is 18.1. The molecule has 0 aliphatic carbocycles. The fourth-order valence-electron chi connectivity index (χ4n) is 3.23. The van der Waals surface area contributed by atoms with Crippen LogP contribution in [-0.4, -0.2) is 49.3 Å². The monoisotopic (exact) mass is 422 g/mol. The highest BCUT2D eigenvalue weighted by atomic mass is 19.4. The zero-order chi connectivity index (χ0) is 22.1. The number of azo groups is 1. The summed E-state index contributed by atoms with van der Waals surface area (Å²) in [6.45, 7) is 0.764. The molecule has 0 atom stereocenters. The van der Waals surface area contributed by atoms with Crippen LogP contribution in [0.5, 0.6) is 0 Å². The van der Waals surface area contributed by atoms with Crippen molar-refractivity contribution < 1.29 is 18.0 Å². The normalized spacial score (nSPS) is 14.0. The molecule has 1 amide bonds. The minimum absolute atomic E-state index is 0.0800. The number of aryl methyl sites for hydroxylation is 1. The molecular formula is C18H21F3N8O-2. The van der Waals surface area contributed by atoms with Crippen molar-refractivity contribution in [1.29, 1.82) is 0 Å². The van der Waals surface area contributed by atoms with E-state index in [0.29, 0.717) is 11.6 Å². The van der Waals surface area contributed by atoms with Crippen LogP contribution in [0.25, 0.3) is 10.6 Å². The largest absolute Gasteiger partial charge is 0.471 e. The van der Waals surface area contributed by atoms with E-state index in [4.69, 9.17) is 0 Å². The van der Waals surface area contributed by atoms with Gasteiger partial charge in [-0.1, -0.05) is 32.8 Å². The predicted octanol–water partition coefficient (Wildman–Crippen LogP) is 4.99. The maximum Gasteiger partial charge on any atom is 0.471 e. The van der Waals surface area contributed by atoms with E-state index in [0.717, 1.165) is 30.6 Å². The maximum atomic E-state index is 12.8. The third-order valence-electron chi connectivity index (χ3n) is 4.75. The lowest BCUT2D eigenvalue weighted by Gasteiger charge is -2.28. The van der Waals surface area contributed by atoms with Crippen LogP contribution in [0.3, 0.4) is 0 Å². The van der Waals surface area contributed by atoms with Crippen LogP contribution in [0.15, 0.2) is 22.4 Å². The molecule has 1 aliphatic heterocycles. The van der Waals surface area contributed by atoms with Gasteiger partial charge in [-0.2, -0.15) is 18.3 Å². The molecule has 1 aromatic heterocycles. The minimum Gasteiger partial charge on any atom is -0.469 e. The zero-order valence-electron chi connectivity index (χ0n) is 16.9. The van der Waals surface area contributed by atoms with Crippen LogP contribution < -0.4 is 10.2 Å². The number of carbonyl (C=O) groups excluding carboxylic acids is 1. The van der Waals surface area contributed by atoms with E-state index in [1.54, 1.807) is 31.8 Å². The van der Waals surface area contributed by atoms with Gasteiger partial charge < -0.3 is 30.4 Å². The van der Waals surface area contributed by atoms with Crippen LogP contribution in [-0.2, 0) is 18.3 Å². The lowest BCUT2D eigenvalue weighted by atomic mass is 10.0. The number of nitrogens with one attached hydrogen (secondary N) is 1. The molecule has 0 bridgehead atoms. The molecule has 1 aromatic carbocycles. The number of carbonyl (C=O) groups is 1. The van der Waals surface area contributed by atoms with Gasteiger partial charge in [-0.3, -0.25) is 4.79 Å². The van der Waals surface area contributed by atoms with Crippen LogP contribution in [0, 0.1) is 0 Å². The lowest BCUT2D eigenvalue weighted by molar-refractivity contribution is -0.167. The summed E-state index contributed by atoms with van der Waals surface area (Å²) in [7, 11) is 6.65. The first kappa shape index (κ1) is 21.4. The van der Waals surface area contributed by atoms with Gasteiger partial charge in [0, 0.05) is 19.3 Å². The molecule has 0 saturated carbocycles. The van der Waals surface area contributed by atoms with Crippen LogP contribution in [0.1, 0.15) is 12.0 Å². The van der Waals surface area contributed by atoms with Crippen molar-refractivity contribution in [2.45, 2.75) is 19.0 Å². The number of rotatable bonds is 5. The summed E-state index contributed by atoms with van der Waals surface area (Å²) >= 11 is 0. The average molecular weight is 422 g/mol. The fourth-order valence-corrected chi connectivity index (χ4v) is 3.23. The van der Waals surface area contributed by atoms with Gasteiger partial charge in [0.25, 0.3) is 0 Å². The van der Waals surface area contributed by atoms with E-state index in [1.165, 1.54) is 6.07 Å². The van der Waals surface area contributed by atoms with Crippen molar-refractivity contribution in [3.63, 3.8) is 0 Å². The van der Waals surface area contributed by atoms with Gasteiger partial charge in [0.15, 0.2) is 0 Å². The Hall–Kier alpha value is -3.31. The van der Waals surface area contributed by atoms with E-state index < -0.39 is 12.1 Å². The third-order valence-corrected chi connectivity index (χ3v) is 4.75. The van der Waals surface area contributed by atoms with Crippen molar-refractivity contribution in [3.8, 4) is 0 Å². The van der Waals surface area contributed by atoms with Crippen molar-refractivity contribution in [3.05, 3.63) is 28.3 Å². The highest BCUT2D eigenvalue weighted by molar-refractivity contribution is 5.98. The van der Waals surface area contributed by atoms with Gasteiger partial charge in [0.05, 0.1) is 11.6 Å². The second-order valence-corrected chi connectivity index (χ2v) is 6.74. The van der Waals surface area contributed by atoms with E-state index in [1.807, 2.05) is 17.3 Å². The molecule has 0 unspecified atom stereocenters.